The van der Waals surface area contributed by atoms with Crippen LogP contribution < -0.4 is 5.32 Å². The first-order valence-corrected chi connectivity index (χ1v) is 9.07. The zero-order valence-corrected chi connectivity index (χ0v) is 14.8. The normalized spacial score (nSPS) is 10.7. The number of thiophene rings is 2. The monoisotopic (exact) mass is 335 g/mol. The van der Waals surface area contributed by atoms with E-state index < -0.39 is 0 Å². The van der Waals surface area contributed by atoms with Crippen LogP contribution in [0.15, 0.2) is 18.2 Å². The SMILES string of the molecule is CCc1ccc(CNC(=O)CCC(=O)c2cc(C)sc2C)s1. The van der Waals surface area contributed by atoms with E-state index in [1.807, 2.05) is 26.0 Å². The summed E-state index contributed by atoms with van der Waals surface area (Å²) in [5, 5.41) is 2.88. The third kappa shape index (κ3) is 4.52. The first kappa shape index (κ1) is 16.9. The molecular formula is C17H21NO2S2. The summed E-state index contributed by atoms with van der Waals surface area (Å²) in [6.45, 7) is 6.61. The second kappa shape index (κ2) is 7.70. The topological polar surface area (TPSA) is 46.2 Å². The van der Waals surface area contributed by atoms with Crippen LogP contribution in [-0.4, -0.2) is 11.7 Å². The van der Waals surface area contributed by atoms with E-state index in [1.54, 1.807) is 22.7 Å². The van der Waals surface area contributed by atoms with Crippen molar-refractivity contribution in [2.75, 3.05) is 0 Å². The molecule has 0 unspecified atom stereocenters. The summed E-state index contributed by atoms with van der Waals surface area (Å²) in [5.74, 6) is -0.00852. The molecule has 118 valence electrons. The van der Waals surface area contributed by atoms with Crippen LogP contribution in [0.1, 0.15) is 49.6 Å². The van der Waals surface area contributed by atoms with Crippen molar-refractivity contribution in [2.45, 2.75) is 46.6 Å². The maximum atomic E-state index is 12.1. The maximum absolute atomic E-state index is 12.1. The van der Waals surface area contributed by atoms with Crippen LogP contribution >= 0.6 is 22.7 Å². The number of carbonyl (C=O) groups excluding carboxylic acids is 2. The van der Waals surface area contributed by atoms with Crippen molar-refractivity contribution in [1.29, 1.82) is 0 Å². The van der Waals surface area contributed by atoms with Crippen LogP contribution in [0.2, 0.25) is 0 Å². The lowest BCUT2D eigenvalue weighted by Gasteiger charge is -2.03. The van der Waals surface area contributed by atoms with Gasteiger partial charge >= 0.3 is 0 Å². The Hall–Kier alpha value is -1.46. The van der Waals surface area contributed by atoms with Crippen molar-refractivity contribution >= 4 is 34.4 Å². The Morgan fingerprint density at radius 2 is 1.82 bits per heavy atom. The van der Waals surface area contributed by atoms with E-state index in [4.69, 9.17) is 0 Å². The van der Waals surface area contributed by atoms with Gasteiger partial charge in [0, 0.05) is 37.9 Å². The van der Waals surface area contributed by atoms with Gasteiger partial charge < -0.3 is 5.32 Å². The van der Waals surface area contributed by atoms with E-state index in [0.717, 1.165) is 26.6 Å². The number of nitrogens with one attached hydrogen (secondary N) is 1. The lowest BCUT2D eigenvalue weighted by atomic mass is 10.1. The van der Waals surface area contributed by atoms with E-state index in [0.29, 0.717) is 6.54 Å². The standard InChI is InChI=1S/C17H21NO2S2/c1-4-13-5-6-14(22-13)10-18-17(20)8-7-16(19)15-9-11(2)21-12(15)3/h5-6,9H,4,7-8,10H2,1-3H3,(H,18,20). The molecule has 0 aliphatic heterocycles. The second-order valence-corrected chi connectivity index (χ2v) is 7.96. The molecule has 5 heteroatoms. The summed E-state index contributed by atoms with van der Waals surface area (Å²) in [7, 11) is 0. The average Bonchev–Trinajstić information content (AvgIpc) is 3.08. The molecule has 0 radical (unpaired) electrons. The van der Waals surface area contributed by atoms with Gasteiger partial charge in [-0.05, 0) is 38.5 Å². The van der Waals surface area contributed by atoms with Gasteiger partial charge in [0.1, 0.15) is 0 Å². The van der Waals surface area contributed by atoms with Gasteiger partial charge in [0.25, 0.3) is 0 Å². The molecule has 0 saturated heterocycles. The third-order valence-electron chi connectivity index (χ3n) is 3.45. The molecule has 0 saturated carbocycles. The molecule has 1 N–H and O–H groups in total. The molecule has 0 bridgehead atoms. The molecule has 0 aliphatic carbocycles. The van der Waals surface area contributed by atoms with E-state index >= 15 is 0 Å². The van der Waals surface area contributed by atoms with Crippen molar-refractivity contribution in [3.63, 3.8) is 0 Å². The Labute approximate surface area is 139 Å². The summed E-state index contributed by atoms with van der Waals surface area (Å²) < 4.78 is 0. The highest BCUT2D eigenvalue weighted by Crippen LogP contribution is 2.22. The fraction of sp³-hybridized carbons (Fsp3) is 0.412. The van der Waals surface area contributed by atoms with Crippen LogP contribution in [0, 0.1) is 13.8 Å². The molecule has 22 heavy (non-hydrogen) atoms. The number of hydrogen-bond donors (Lipinski definition) is 1. The molecule has 0 atom stereocenters. The van der Waals surface area contributed by atoms with Crippen LogP contribution in [0.25, 0.3) is 0 Å². The molecule has 1 amide bonds. The highest BCUT2D eigenvalue weighted by molar-refractivity contribution is 7.12. The maximum Gasteiger partial charge on any atom is 0.220 e. The molecule has 2 heterocycles. The molecule has 0 aliphatic rings. The first-order chi connectivity index (χ1) is 10.5. The molecule has 0 fully saturated rings. The molecule has 3 nitrogen and oxygen atoms in total. The van der Waals surface area contributed by atoms with Crippen molar-refractivity contribution in [1.82, 2.24) is 5.32 Å². The second-order valence-electron chi connectivity index (χ2n) is 5.25. The molecule has 2 aromatic rings. The van der Waals surface area contributed by atoms with Gasteiger partial charge in [0.2, 0.25) is 5.91 Å². The van der Waals surface area contributed by atoms with E-state index in [-0.39, 0.29) is 24.5 Å². The van der Waals surface area contributed by atoms with Crippen LogP contribution in [0.3, 0.4) is 0 Å². The first-order valence-electron chi connectivity index (χ1n) is 7.44. The summed E-state index contributed by atoms with van der Waals surface area (Å²) in [5.41, 5.74) is 0.765. The number of carbonyl (C=O) groups is 2. The van der Waals surface area contributed by atoms with Crippen molar-refractivity contribution in [3.8, 4) is 0 Å². The summed E-state index contributed by atoms with van der Waals surface area (Å²) >= 11 is 3.34. The largest absolute Gasteiger partial charge is 0.351 e. The molecule has 2 aromatic heterocycles. The van der Waals surface area contributed by atoms with Gasteiger partial charge in [-0.25, -0.2) is 0 Å². The number of amides is 1. The minimum atomic E-state index is -0.0654. The van der Waals surface area contributed by atoms with Crippen molar-refractivity contribution in [3.05, 3.63) is 43.3 Å². The fourth-order valence-electron chi connectivity index (χ4n) is 2.25. The lowest BCUT2D eigenvalue weighted by Crippen LogP contribution is -2.22. The molecular weight excluding hydrogens is 314 g/mol. The zero-order chi connectivity index (χ0) is 16.1. The van der Waals surface area contributed by atoms with Crippen molar-refractivity contribution in [2.24, 2.45) is 0 Å². The molecule has 0 spiro atoms. The predicted octanol–water partition coefficient (Wildman–Crippen LogP) is 4.27. The van der Waals surface area contributed by atoms with E-state index in [2.05, 4.69) is 18.3 Å². The van der Waals surface area contributed by atoms with Crippen LogP contribution in [-0.2, 0) is 17.8 Å². The number of aryl methyl sites for hydroxylation is 3. The van der Waals surface area contributed by atoms with Gasteiger partial charge in [0.05, 0.1) is 6.54 Å². The summed E-state index contributed by atoms with van der Waals surface area (Å²) in [6, 6.07) is 6.06. The molecule has 2 rings (SSSR count). The zero-order valence-electron chi connectivity index (χ0n) is 13.2. The Bertz CT molecular complexity index is 670. The summed E-state index contributed by atoms with van der Waals surface area (Å²) in [6.07, 6.45) is 1.54. The lowest BCUT2D eigenvalue weighted by molar-refractivity contribution is -0.121. The van der Waals surface area contributed by atoms with Gasteiger partial charge in [-0.2, -0.15) is 0 Å². The van der Waals surface area contributed by atoms with Crippen molar-refractivity contribution < 1.29 is 9.59 Å². The number of rotatable bonds is 7. The number of ketones is 1. The van der Waals surface area contributed by atoms with Gasteiger partial charge in [-0.3, -0.25) is 9.59 Å². The van der Waals surface area contributed by atoms with E-state index in [1.165, 1.54) is 4.88 Å². The minimum absolute atomic E-state index is 0.0568. The molecule has 0 aromatic carbocycles. The van der Waals surface area contributed by atoms with Crippen LogP contribution in [0.4, 0.5) is 0 Å². The summed E-state index contributed by atoms with van der Waals surface area (Å²) in [4.78, 5) is 28.6. The highest BCUT2D eigenvalue weighted by atomic mass is 32.1. The van der Waals surface area contributed by atoms with Gasteiger partial charge in [0.15, 0.2) is 5.78 Å². The van der Waals surface area contributed by atoms with Crippen LogP contribution in [0.5, 0.6) is 0 Å². The Morgan fingerprint density at radius 1 is 1.09 bits per heavy atom. The Balaban J connectivity index is 1.77. The van der Waals surface area contributed by atoms with E-state index in [9.17, 15) is 9.59 Å². The number of Topliss-reactive ketones (excluding diaryl/α,β-unsaturated/α-hetero) is 1. The highest BCUT2D eigenvalue weighted by Gasteiger charge is 2.13. The van der Waals surface area contributed by atoms with Gasteiger partial charge in [-0.1, -0.05) is 6.92 Å². The number of hydrogen-bond acceptors (Lipinski definition) is 4. The average molecular weight is 335 g/mol. The van der Waals surface area contributed by atoms with Gasteiger partial charge in [-0.15, -0.1) is 22.7 Å². The predicted molar refractivity (Wildman–Crippen MR) is 92.9 cm³/mol. The Kier molecular flexibility index (Phi) is 5.91. The minimum Gasteiger partial charge on any atom is -0.351 e. The quantitative estimate of drug-likeness (QED) is 0.768. The fourth-order valence-corrected chi connectivity index (χ4v) is 4.09. The third-order valence-corrected chi connectivity index (χ3v) is 5.64. The Morgan fingerprint density at radius 3 is 2.41 bits per heavy atom. The smallest absolute Gasteiger partial charge is 0.220 e.